The highest BCUT2D eigenvalue weighted by Crippen LogP contribution is 2.22. The summed E-state index contributed by atoms with van der Waals surface area (Å²) in [6.45, 7) is 9.21. The minimum Gasteiger partial charge on any atom is -0.376 e. The average molecular weight is 403 g/mol. The maximum atomic E-state index is 12.6. The standard InChI is InChI=1S/C22H34N4O3/c1-16-14-25(15-17(2)29-16)10-7-18-8-11-26(12-9-18)21(27)13-24-20-6-4-3-5-19(20)22(23)28/h3-6,16-18,24H,7-15H2,1-2H3,(H2,23,28)/t16-,17+. The zero-order valence-corrected chi connectivity index (χ0v) is 17.6. The number of anilines is 1. The summed E-state index contributed by atoms with van der Waals surface area (Å²) in [6.07, 6.45) is 3.92. The number of para-hydroxylation sites is 1. The smallest absolute Gasteiger partial charge is 0.250 e. The molecule has 0 bridgehead atoms. The Hall–Kier alpha value is -2.12. The number of nitrogens with two attached hydrogens (primary N) is 1. The van der Waals surface area contributed by atoms with Crippen LogP contribution in [0.2, 0.25) is 0 Å². The lowest BCUT2D eigenvalue weighted by Crippen LogP contribution is -2.46. The fourth-order valence-corrected chi connectivity index (χ4v) is 4.44. The van der Waals surface area contributed by atoms with Gasteiger partial charge in [0.15, 0.2) is 0 Å². The number of nitrogens with one attached hydrogen (secondary N) is 1. The van der Waals surface area contributed by atoms with E-state index >= 15 is 0 Å². The number of rotatable bonds is 7. The van der Waals surface area contributed by atoms with Crippen LogP contribution in [0.15, 0.2) is 24.3 Å². The first-order valence-electron chi connectivity index (χ1n) is 10.7. The van der Waals surface area contributed by atoms with E-state index in [4.69, 9.17) is 10.5 Å². The van der Waals surface area contributed by atoms with Gasteiger partial charge in [0.05, 0.1) is 24.3 Å². The van der Waals surface area contributed by atoms with Crippen LogP contribution in [0.25, 0.3) is 0 Å². The van der Waals surface area contributed by atoms with Gasteiger partial charge in [-0.05, 0) is 57.7 Å². The maximum Gasteiger partial charge on any atom is 0.250 e. The van der Waals surface area contributed by atoms with Crippen molar-refractivity contribution in [3.8, 4) is 0 Å². The second-order valence-corrected chi connectivity index (χ2v) is 8.39. The number of nitrogens with zero attached hydrogens (tertiary/aromatic N) is 2. The van der Waals surface area contributed by atoms with E-state index in [9.17, 15) is 9.59 Å². The van der Waals surface area contributed by atoms with Gasteiger partial charge in [0, 0.05) is 31.9 Å². The Bertz CT molecular complexity index is 693. The number of hydrogen-bond donors (Lipinski definition) is 2. The normalized spacial score (nSPS) is 23.7. The molecule has 2 fully saturated rings. The minimum absolute atomic E-state index is 0.0681. The van der Waals surface area contributed by atoms with E-state index < -0.39 is 5.91 Å². The van der Waals surface area contributed by atoms with Crippen LogP contribution in [-0.4, -0.2) is 73.1 Å². The fraction of sp³-hybridized carbons (Fsp3) is 0.636. The molecule has 2 aliphatic heterocycles. The predicted octanol–water partition coefficient (Wildman–Crippen LogP) is 1.94. The highest BCUT2D eigenvalue weighted by Gasteiger charge is 2.25. The first-order chi connectivity index (χ1) is 13.9. The van der Waals surface area contributed by atoms with Crippen molar-refractivity contribution in [3.05, 3.63) is 29.8 Å². The van der Waals surface area contributed by atoms with E-state index in [0.717, 1.165) is 45.6 Å². The Kier molecular flexibility index (Phi) is 7.50. The third-order valence-corrected chi connectivity index (χ3v) is 5.94. The third kappa shape index (κ3) is 6.18. The zero-order chi connectivity index (χ0) is 20.8. The van der Waals surface area contributed by atoms with Gasteiger partial charge in [0.2, 0.25) is 5.91 Å². The molecule has 0 radical (unpaired) electrons. The summed E-state index contributed by atoms with van der Waals surface area (Å²) in [7, 11) is 0. The van der Waals surface area contributed by atoms with E-state index in [2.05, 4.69) is 24.1 Å². The van der Waals surface area contributed by atoms with Crippen molar-refractivity contribution in [3.63, 3.8) is 0 Å². The van der Waals surface area contributed by atoms with E-state index in [1.807, 2.05) is 11.0 Å². The van der Waals surface area contributed by atoms with Gasteiger partial charge in [0.25, 0.3) is 5.91 Å². The molecular weight excluding hydrogens is 368 g/mol. The molecule has 1 aromatic rings. The van der Waals surface area contributed by atoms with Crippen molar-refractivity contribution in [1.82, 2.24) is 9.80 Å². The predicted molar refractivity (Wildman–Crippen MR) is 114 cm³/mol. The molecule has 3 N–H and O–H groups in total. The number of hydrogen-bond acceptors (Lipinski definition) is 5. The van der Waals surface area contributed by atoms with Crippen molar-refractivity contribution >= 4 is 17.5 Å². The van der Waals surface area contributed by atoms with Crippen LogP contribution in [0.5, 0.6) is 0 Å². The minimum atomic E-state index is -0.495. The van der Waals surface area contributed by atoms with Gasteiger partial charge in [-0.25, -0.2) is 0 Å². The molecule has 2 amide bonds. The third-order valence-electron chi connectivity index (χ3n) is 5.94. The van der Waals surface area contributed by atoms with E-state index in [0.29, 0.717) is 29.4 Å². The zero-order valence-electron chi connectivity index (χ0n) is 17.6. The van der Waals surface area contributed by atoms with Crippen LogP contribution in [-0.2, 0) is 9.53 Å². The molecule has 0 aliphatic carbocycles. The second kappa shape index (κ2) is 10.1. The van der Waals surface area contributed by atoms with Crippen LogP contribution >= 0.6 is 0 Å². The number of piperidine rings is 1. The summed E-state index contributed by atoms with van der Waals surface area (Å²) < 4.78 is 5.81. The van der Waals surface area contributed by atoms with Crippen molar-refractivity contribution < 1.29 is 14.3 Å². The Balaban J connectivity index is 1.39. The van der Waals surface area contributed by atoms with Gasteiger partial charge in [-0.2, -0.15) is 0 Å². The molecule has 3 rings (SSSR count). The van der Waals surface area contributed by atoms with Crippen molar-refractivity contribution in [2.75, 3.05) is 44.6 Å². The Labute approximate surface area is 173 Å². The Morgan fingerprint density at radius 3 is 2.45 bits per heavy atom. The van der Waals surface area contributed by atoms with Gasteiger partial charge in [0.1, 0.15) is 0 Å². The molecule has 2 heterocycles. The van der Waals surface area contributed by atoms with Crippen LogP contribution in [0.4, 0.5) is 5.69 Å². The number of amides is 2. The summed E-state index contributed by atoms with van der Waals surface area (Å²) in [5.74, 6) is 0.250. The van der Waals surface area contributed by atoms with Crippen molar-refractivity contribution in [1.29, 1.82) is 0 Å². The average Bonchev–Trinajstić information content (AvgIpc) is 2.70. The lowest BCUT2D eigenvalue weighted by Gasteiger charge is -2.37. The van der Waals surface area contributed by atoms with Gasteiger partial charge in [-0.15, -0.1) is 0 Å². The Morgan fingerprint density at radius 2 is 1.79 bits per heavy atom. The molecule has 0 aromatic heterocycles. The highest BCUT2D eigenvalue weighted by atomic mass is 16.5. The van der Waals surface area contributed by atoms with E-state index in [1.165, 1.54) is 6.42 Å². The monoisotopic (exact) mass is 402 g/mol. The largest absolute Gasteiger partial charge is 0.376 e. The lowest BCUT2D eigenvalue weighted by atomic mass is 9.93. The molecule has 7 heteroatoms. The maximum absolute atomic E-state index is 12.6. The molecular formula is C22H34N4O3. The molecule has 0 unspecified atom stereocenters. The molecule has 2 saturated heterocycles. The Morgan fingerprint density at radius 1 is 1.14 bits per heavy atom. The molecule has 160 valence electrons. The van der Waals surface area contributed by atoms with Gasteiger partial charge in [-0.1, -0.05) is 12.1 Å². The van der Waals surface area contributed by atoms with Crippen LogP contribution in [0.1, 0.15) is 43.5 Å². The van der Waals surface area contributed by atoms with Gasteiger partial charge < -0.3 is 20.7 Å². The molecule has 29 heavy (non-hydrogen) atoms. The first kappa shape index (κ1) is 21.6. The second-order valence-electron chi connectivity index (χ2n) is 8.39. The summed E-state index contributed by atoms with van der Waals surface area (Å²) in [6, 6.07) is 7.01. The summed E-state index contributed by atoms with van der Waals surface area (Å²) in [4.78, 5) is 28.5. The molecule has 0 spiro atoms. The molecule has 2 aliphatic rings. The number of carbonyl (C=O) groups excluding carboxylic acids is 2. The number of ether oxygens (including phenoxy) is 1. The quantitative estimate of drug-likeness (QED) is 0.728. The van der Waals surface area contributed by atoms with E-state index in [1.54, 1.807) is 18.2 Å². The van der Waals surface area contributed by atoms with Gasteiger partial charge in [-0.3, -0.25) is 14.5 Å². The van der Waals surface area contributed by atoms with Crippen molar-refractivity contribution in [2.45, 2.75) is 45.3 Å². The molecule has 1 aromatic carbocycles. The number of morpholine rings is 1. The number of likely N-dealkylation sites (tertiary alicyclic amines) is 1. The molecule has 2 atom stereocenters. The molecule has 0 saturated carbocycles. The van der Waals surface area contributed by atoms with E-state index in [-0.39, 0.29) is 12.5 Å². The fourth-order valence-electron chi connectivity index (χ4n) is 4.44. The summed E-state index contributed by atoms with van der Waals surface area (Å²) >= 11 is 0. The lowest BCUT2D eigenvalue weighted by molar-refractivity contribution is -0.130. The van der Waals surface area contributed by atoms with Crippen LogP contribution in [0, 0.1) is 5.92 Å². The molecule has 7 nitrogen and oxygen atoms in total. The number of carbonyl (C=O) groups is 2. The van der Waals surface area contributed by atoms with Crippen LogP contribution < -0.4 is 11.1 Å². The number of primary amides is 1. The topological polar surface area (TPSA) is 87.9 Å². The summed E-state index contributed by atoms with van der Waals surface area (Å²) in [5.41, 5.74) is 6.41. The SMILES string of the molecule is C[C@@H]1CN(CCC2CCN(C(=O)CNc3ccccc3C(N)=O)CC2)C[C@H](C)O1. The van der Waals surface area contributed by atoms with Crippen molar-refractivity contribution in [2.24, 2.45) is 11.7 Å². The number of benzene rings is 1. The first-order valence-corrected chi connectivity index (χ1v) is 10.7. The van der Waals surface area contributed by atoms with Crippen LogP contribution in [0.3, 0.4) is 0 Å². The summed E-state index contributed by atoms with van der Waals surface area (Å²) in [5, 5.41) is 3.07. The highest BCUT2D eigenvalue weighted by molar-refractivity contribution is 5.99. The van der Waals surface area contributed by atoms with Gasteiger partial charge >= 0.3 is 0 Å².